The second-order valence-corrected chi connectivity index (χ2v) is 5.03. The fourth-order valence-corrected chi connectivity index (χ4v) is 2.14. The van der Waals surface area contributed by atoms with Gasteiger partial charge in [-0.25, -0.2) is 5.43 Å². The number of hydrogen-bond acceptors (Lipinski definition) is 5. The zero-order chi connectivity index (χ0) is 16.1. The van der Waals surface area contributed by atoms with Crippen LogP contribution in [0.2, 0.25) is 0 Å². The highest BCUT2D eigenvalue weighted by Gasteiger charge is 2.11. The average molecular weight is 365 g/mol. The quantitative estimate of drug-likeness (QED) is 0.574. The van der Waals surface area contributed by atoms with Gasteiger partial charge in [-0.2, -0.15) is 5.10 Å². The number of aromatic hydroxyl groups is 2. The molecule has 7 heteroatoms. The predicted octanol–water partition coefficient (Wildman–Crippen LogP) is 2.63. The Balaban J connectivity index is 2.12. The molecule has 2 rings (SSSR count). The molecule has 0 radical (unpaired) electrons. The number of para-hydroxylation sites is 1. The van der Waals surface area contributed by atoms with Crippen LogP contribution in [0, 0.1) is 0 Å². The largest absolute Gasteiger partial charge is 0.507 e. The van der Waals surface area contributed by atoms with Gasteiger partial charge in [0.15, 0.2) is 11.5 Å². The molecule has 0 fully saturated rings. The Morgan fingerprint density at radius 2 is 2.00 bits per heavy atom. The summed E-state index contributed by atoms with van der Waals surface area (Å²) in [7, 11) is 1.45. The number of ether oxygens (including phenoxy) is 1. The first-order valence-electron chi connectivity index (χ1n) is 6.21. The minimum atomic E-state index is -0.539. The number of hydrogen-bond donors (Lipinski definition) is 3. The van der Waals surface area contributed by atoms with E-state index in [1.807, 2.05) is 0 Å². The van der Waals surface area contributed by atoms with Crippen LogP contribution in [-0.2, 0) is 0 Å². The maximum absolute atomic E-state index is 11.8. The Labute approximate surface area is 135 Å². The lowest BCUT2D eigenvalue weighted by Crippen LogP contribution is -2.17. The predicted molar refractivity (Wildman–Crippen MR) is 85.5 cm³/mol. The minimum absolute atomic E-state index is 0.0570. The molecule has 3 N–H and O–H groups in total. The second-order valence-electron chi connectivity index (χ2n) is 4.24. The van der Waals surface area contributed by atoms with Gasteiger partial charge >= 0.3 is 0 Å². The Morgan fingerprint density at radius 1 is 1.27 bits per heavy atom. The summed E-state index contributed by atoms with van der Waals surface area (Å²) >= 11 is 3.22. The Hall–Kier alpha value is -2.54. The number of benzene rings is 2. The van der Waals surface area contributed by atoms with Crippen molar-refractivity contribution < 1.29 is 19.7 Å². The Bertz CT molecular complexity index is 731. The summed E-state index contributed by atoms with van der Waals surface area (Å²) < 4.78 is 5.37. The third-order valence-corrected chi connectivity index (χ3v) is 3.68. The fraction of sp³-hybridized carbons (Fsp3) is 0.0667. The van der Waals surface area contributed by atoms with E-state index in [9.17, 15) is 15.0 Å². The normalized spacial score (nSPS) is 10.6. The van der Waals surface area contributed by atoms with Gasteiger partial charge in [0.25, 0.3) is 5.91 Å². The van der Waals surface area contributed by atoms with Crippen LogP contribution in [0.5, 0.6) is 17.2 Å². The lowest BCUT2D eigenvalue weighted by Gasteiger charge is -2.07. The number of carbonyl (C=O) groups excluding carboxylic acids is 1. The van der Waals surface area contributed by atoms with E-state index in [0.717, 1.165) is 0 Å². The maximum Gasteiger partial charge on any atom is 0.275 e. The second kappa shape index (κ2) is 6.95. The first-order chi connectivity index (χ1) is 10.5. The molecule has 0 aliphatic heterocycles. The van der Waals surface area contributed by atoms with Crippen LogP contribution in [0.1, 0.15) is 15.9 Å². The van der Waals surface area contributed by atoms with Crippen molar-refractivity contribution in [1.82, 2.24) is 5.43 Å². The molecule has 0 heterocycles. The van der Waals surface area contributed by atoms with E-state index >= 15 is 0 Å². The number of phenols is 2. The molecule has 0 spiro atoms. The smallest absolute Gasteiger partial charge is 0.275 e. The van der Waals surface area contributed by atoms with Gasteiger partial charge in [0.1, 0.15) is 5.75 Å². The Kier molecular flexibility index (Phi) is 5.00. The van der Waals surface area contributed by atoms with Crippen LogP contribution in [0.25, 0.3) is 0 Å². The van der Waals surface area contributed by atoms with Crippen molar-refractivity contribution in [3.8, 4) is 17.2 Å². The summed E-state index contributed by atoms with van der Waals surface area (Å²) in [5, 5.41) is 23.2. The standard InChI is InChI=1S/C15H13BrN2O4/c1-22-12-7-6-9(13(16)14(12)20)8-17-18-15(21)10-4-2-3-5-11(10)19/h2-8,19-20H,1H3,(H,18,21)/b17-8-. The van der Waals surface area contributed by atoms with Crippen LogP contribution in [0.15, 0.2) is 46.0 Å². The lowest BCUT2D eigenvalue weighted by atomic mass is 10.2. The summed E-state index contributed by atoms with van der Waals surface area (Å²) in [6, 6.07) is 9.39. The number of nitrogens with zero attached hydrogens (tertiary/aromatic N) is 1. The molecular weight excluding hydrogens is 352 g/mol. The van der Waals surface area contributed by atoms with Crippen molar-refractivity contribution in [1.29, 1.82) is 0 Å². The summed E-state index contributed by atoms with van der Waals surface area (Å²) in [5.74, 6) is -0.401. The molecule has 0 aliphatic rings. The number of carbonyl (C=O) groups is 1. The van der Waals surface area contributed by atoms with Gasteiger partial charge in [-0.1, -0.05) is 12.1 Å². The molecule has 22 heavy (non-hydrogen) atoms. The number of amides is 1. The fourth-order valence-electron chi connectivity index (χ4n) is 1.71. The lowest BCUT2D eigenvalue weighted by molar-refractivity contribution is 0.0952. The van der Waals surface area contributed by atoms with Crippen LogP contribution >= 0.6 is 15.9 Å². The molecule has 0 aliphatic carbocycles. The summed E-state index contributed by atoms with van der Waals surface area (Å²) in [4.78, 5) is 11.8. The first kappa shape index (κ1) is 15.8. The molecule has 6 nitrogen and oxygen atoms in total. The van der Waals surface area contributed by atoms with Crippen LogP contribution in [-0.4, -0.2) is 29.4 Å². The zero-order valence-electron chi connectivity index (χ0n) is 11.6. The molecule has 0 unspecified atom stereocenters. The van der Waals surface area contributed by atoms with E-state index < -0.39 is 5.91 Å². The van der Waals surface area contributed by atoms with Gasteiger partial charge in [-0.3, -0.25) is 4.79 Å². The molecule has 0 saturated carbocycles. The van der Waals surface area contributed by atoms with E-state index in [-0.39, 0.29) is 17.1 Å². The Morgan fingerprint density at radius 3 is 2.68 bits per heavy atom. The minimum Gasteiger partial charge on any atom is -0.507 e. The molecule has 0 saturated heterocycles. The number of rotatable bonds is 4. The summed E-state index contributed by atoms with van der Waals surface area (Å²) in [6.07, 6.45) is 1.36. The highest BCUT2D eigenvalue weighted by atomic mass is 79.9. The monoisotopic (exact) mass is 364 g/mol. The third kappa shape index (κ3) is 3.37. The van der Waals surface area contributed by atoms with Crippen molar-refractivity contribution in [2.24, 2.45) is 5.10 Å². The molecule has 2 aromatic carbocycles. The van der Waals surface area contributed by atoms with Crippen molar-refractivity contribution in [2.75, 3.05) is 7.11 Å². The van der Waals surface area contributed by atoms with E-state index in [1.165, 1.54) is 25.5 Å². The van der Waals surface area contributed by atoms with Crippen LogP contribution < -0.4 is 10.2 Å². The maximum atomic E-state index is 11.8. The molecule has 0 bridgehead atoms. The molecule has 0 atom stereocenters. The average Bonchev–Trinajstić information content (AvgIpc) is 2.52. The van der Waals surface area contributed by atoms with Crippen molar-refractivity contribution in [3.63, 3.8) is 0 Å². The van der Waals surface area contributed by atoms with Gasteiger partial charge < -0.3 is 14.9 Å². The number of methoxy groups -OCH3 is 1. The molecule has 2 aromatic rings. The highest BCUT2D eigenvalue weighted by Crippen LogP contribution is 2.35. The highest BCUT2D eigenvalue weighted by molar-refractivity contribution is 9.10. The third-order valence-electron chi connectivity index (χ3n) is 2.85. The van der Waals surface area contributed by atoms with Crippen LogP contribution in [0.3, 0.4) is 0 Å². The van der Waals surface area contributed by atoms with Gasteiger partial charge in [0, 0.05) is 5.56 Å². The number of nitrogens with one attached hydrogen (secondary N) is 1. The van der Waals surface area contributed by atoms with E-state index in [1.54, 1.807) is 24.3 Å². The number of hydrazone groups is 1. The van der Waals surface area contributed by atoms with Gasteiger partial charge in [0.05, 0.1) is 23.4 Å². The van der Waals surface area contributed by atoms with Gasteiger partial charge in [-0.15, -0.1) is 0 Å². The SMILES string of the molecule is COc1ccc(/C=N\NC(=O)c2ccccc2O)c(Br)c1O. The van der Waals surface area contributed by atoms with Crippen LogP contribution in [0.4, 0.5) is 0 Å². The summed E-state index contributed by atoms with van der Waals surface area (Å²) in [6.45, 7) is 0. The summed E-state index contributed by atoms with van der Waals surface area (Å²) in [5.41, 5.74) is 2.97. The van der Waals surface area contributed by atoms with Crippen molar-refractivity contribution in [3.05, 3.63) is 52.0 Å². The first-order valence-corrected chi connectivity index (χ1v) is 7.00. The molecule has 0 aromatic heterocycles. The molecular formula is C15H13BrN2O4. The van der Waals surface area contributed by atoms with E-state index in [2.05, 4.69) is 26.5 Å². The van der Waals surface area contributed by atoms with Gasteiger partial charge in [-0.05, 0) is 40.2 Å². The van der Waals surface area contributed by atoms with E-state index in [4.69, 9.17) is 4.74 Å². The molecule has 1 amide bonds. The zero-order valence-corrected chi connectivity index (χ0v) is 13.2. The number of halogens is 1. The van der Waals surface area contributed by atoms with Gasteiger partial charge in [0.2, 0.25) is 0 Å². The topological polar surface area (TPSA) is 91.2 Å². The van der Waals surface area contributed by atoms with Crippen molar-refractivity contribution in [2.45, 2.75) is 0 Å². The van der Waals surface area contributed by atoms with Crippen molar-refractivity contribution >= 4 is 28.1 Å². The number of phenolic OH excluding ortho intramolecular Hbond substituents is 2. The van der Waals surface area contributed by atoms with E-state index in [0.29, 0.717) is 15.8 Å². The molecule has 114 valence electrons.